The van der Waals surface area contributed by atoms with E-state index in [-0.39, 0.29) is 11.0 Å². The summed E-state index contributed by atoms with van der Waals surface area (Å²) in [5.41, 5.74) is 0.970. The third kappa shape index (κ3) is 2.64. The van der Waals surface area contributed by atoms with Crippen molar-refractivity contribution in [3.63, 3.8) is 0 Å². The molecule has 106 valence electrons. The molecule has 0 spiro atoms. The van der Waals surface area contributed by atoms with Gasteiger partial charge in [0.25, 0.3) is 5.56 Å². The monoisotopic (exact) mass is 326 g/mol. The molecule has 4 unspecified atom stereocenters. The minimum Gasteiger partial charge on any atom is -0.268 e. The number of aromatic amines is 1. The van der Waals surface area contributed by atoms with Crippen molar-refractivity contribution in [1.29, 1.82) is 0 Å². The Kier molecular flexibility index (Phi) is 4.49. The van der Waals surface area contributed by atoms with Crippen LogP contribution >= 0.6 is 15.9 Å². The van der Waals surface area contributed by atoms with E-state index in [1.807, 2.05) is 6.07 Å². The first kappa shape index (κ1) is 14.8. The number of hydrogen-bond donors (Lipinski definition) is 1. The Labute approximate surface area is 123 Å². The quantitative estimate of drug-likeness (QED) is 0.858. The molecule has 1 heterocycles. The van der Waals surface area contributed by atoms with E-state index in [0.717, 1.165) is 30.4 Å². The average molecular weight is 327 g/mol. The van der Waals surface area contributed by atoms with Crippen LogP contribution in [0.1, 0.15) is 52.1 Å². The first-order valence-electron chi connectivity index (χ1n) is 7.23. The number of rotatable bonds is 4. The van der Waals surface area contributed by atoms with Gasteiger partial charge in [0.15, 0.2) is 0 Å². The molecule has 0 aromatic carbocycles. The van der Waals surface area contributed by atoms with Gasteiger partial charge in [-0.3, -0.25) is 4.79 Å². The standard InChI is InChI=1S/C15H23BrN2O/c1-4-10(3)11-8-12(16)15(5-2,9-11)13-6-7-14(19)18-17-13/h6-7,10-12H,4-5,8-9H2,1-3H3,(H,18,19). The molecule has 19 heavy (non-hydrogen) atoms. The predicted octanol–water partition coefficient (Wildman–Crippen LogP) is 3.64. The molecule has 1 aliphatic rings. The molecule has 1 fully saturated rings. The molecule has 1 aromatic heterocycles. The zero-order chi connectivity index (χ0) is 14.0. The van der Waals surface area contributed by atoms with Gasteiger partial charge in [0, 0.05) is 16.3 Å². The van der Waals surface area contributed by atoms with E-state index in [0.29, 0.717) is 4.83 Å². The van der Waals surface area contributed by atoms with Crippen molar-refractivity contribution in [2.75, 3.05) is 0 Å². The highest BCUT2D eigenvalue weighted by Gasteiger charge is 2.48. The van der Waals surface area contributed by atoms with Gasteiger partial charge in [0.1, 0.15) is 0 Å². The van der Waals surface area contributed by atoms with Crippen LogP contribution in [0.25, 0.3) is 0 Å². The van der Waals surface area contributed by atoms with E-state index < -0.39 is 0 Å². The van der Waals surface area contributed by atoms with Gasteiger partial charge in [-0.25, -0.2) is 5.10 Å². The summed E-state index contributed by atoms with van der Waals surface area (Å²) in [4.78, 5) is 11.6. The number of H-pyrrole nitrogens is 1. The van der Waals surface area contributed by atoms with Crippen LogP contribution < -0.4 is 5.56 Å². The first-order chi connectivity index (χ1) is 9.03. The lowest BCUT2D eigenvalue weighted by Gasteiger charge is -2.31. The third-order valence-electron chi connectivity index (χ3n) is 5.00. The second-order valence-electron chi connectivity index (χ2n) is 5.87. The van der Waals surface area contributed by atoms with Gasteiger partial charge >= 0.3 is 0 Å². The third-order valence-corrected chi connectivity index (χ3v) is 6.25. The second kappa shape index (κ2) is 5.78. The first-order valence-corrected chi connectivity index (χ1v) is 8.15. The van der Waals surface area contributed by atoms with Gasteiger partial charge < -0.3 is 0 Å². The molecule has 0 bridgehead atoms. The smallest absolute Gasteiger partial charge is 0.264 e. The van der Waals surface area contributed by atoms with Crippen molar-refractivity contribution < 1.29 is 0 Å². The average Bonchev–Trinajstić information content (AvgIpc) is 2.77. The van der Waals surface area contributed by atoms with Crippen molar-refractivity contribution in [1.82, 2.24) is 10.2 Å². The van der Waals surface area contributed by atoms with Gasteiger partial charge in [-0.1, -0.05) is 43.1 Å². The van der Waals surface area contributed by atoms with Gasteiger partial charge in [0.05, 0.1) is 5.69 Å². The Morgan fingerprint density at radius 3 is 2.79 bits per heavy atom. The molecule has 0 radical (unpaired) electrons. The lowest BCUT2D eigenvalue weighted by Crippen LogP contribution is -2.32. The summed E-state index contributed by atoms with van der Waals surface area (Å²) >= 11 is 3.88. The van der Waals surface area contributed by atoms with Gasteiger partial charge in [-0.05, 0) is 37.2 Å². The fraction of sp³-hybridized carbons (Fsp3) is 0.733. The number of nitrogens with one attached hydrogen (secondary N) is 1. The van der Waals surface area contributed by atoms with Crippen molar-refractivity contribution in [2.45, 2.75) is 56.7 Å². The van der Waals surface area contributed by atoms with Crippen molar-refractivity contribution in [2.24, 2.45) is 11.8 Å². The Balaban J connectivity index is 2.32. The van der Waals surface area contributed by atoms with E-state index in [2.05, 4.69) is 46.9 Å². The maximum Gasteiger partial charge on any atom is 0.264 e. The van der Waals surface area contributed by atoms with Crippen LogP contribution in [0.5, 0.6) is 0 Å². The summed E-state index contributed by atoms with van der Waals surface area (Å²) in [5.74, 6) is 1.49. The van der Waals surface area contributed by atoms with E-state index in [1.54, 1.807) is 6.07 Å². The molecule has 4 atom stereocenters. The molecular weight excluding hydrogens is 304 g/mol. The lowest BCUT2D eigenvalue weighted by atomic mass is 9.77. The number of nitrogens with zero attached hydrogens (tertiary/aromatic N) is 1. The second-order valence-corrected chi connectivity index (χ2v) is 6.97. The molecular formula is C15H23BrN2O. The molecule has 0 saturated heterocycles. The molecule has 0 amide bonds. The lowest BCUT2D eigenvalue weighted by molar-refractivity contribution is 0.319. The van der Waals surface area contributed by atoms with E-state index in [4.69, 9.17) is 0 Å². The number of halogens is 1. The van der Waals surface area contributed by atoms with Gasteiger partial charge in [-0.2, -0.15) is 5.10 Å². The number of alkyl halides is 1. The Hall–Kier alpha value is -0.640. The van der Waals surface area contributed by atoms with Gasteiger partial charge in [0.2, 0.25) is 0 Å². The molecule has 4 heteroatoms. The highest BCUT2D eigenvalue weighted by Crippen LogP contribution is 2.51. The molecule has 1 saturated carbocycles. The van der Waals surface area contributed by atoms with Gasteiger partial charge in [-0.15, -0.1) is 0 Å². The Morgan fingerprint density at radius 2 is 2.26 bits per heavy atom. The number of aromatic nitrogens is 2. The molecule has 1 aromatic rings. The highest BCUT2D eigenvalue weighted by molar-refractivity contribution is 9.09. The van der Waals surface area contributed by atoms with E-state index in [1.165, 1.54) is 12.8 Å². The summed E-state index contributed by atoms with van der Waals surface area (Å²) in [6.45, 7) is 6.83. The van der Waals surface area contributed by atoms with Crippen LogP contribution in [0.2, 0.25) is 0 Å². The minimum absolute atomic E-state index is 0.0678. The van der Waals surface area contributed by atoms with Crippen LogP contribution in [0, 0.1) is 11.8 Å². The van der Waals surface area contributed by atoms with Crippen LogP contribution in [0.4, 0.5) is 0 Å². The molecule has 2 rings (SSSR count). The maximum atomic E-state index is 11.2. The summed E-state index contributed by atoms with van der Waals surface area (Å²) in [6.07, 6.45) is 4.63. The van der Waals surface area contributed by atoms with Crippen molar-refractivity contribution >= 4 is 15.9 Å². The number of hydrogen-bond acceptors (Lipinski definition) is 2. The zero-order valence-corrected chi connectivity index (χ0v) is 13.5. The SMILES string of the molecule is CCC(C)C1CC(Br)C(CC)(c2ccc(=O)[nH]n2)C1. The molecule has 1 aliphatic carbocycles. The van der Waals surface area contributed by atoms with Crippen LogP contribution in [0.3, 0.4) is 0 Å². The van der Waals surface area contributed by atoms with Crippen molar-refractivity contribution in [3.05, 3.63) is 28.2 Å². The molecule has 0 aliphatic heterocycles. The normalized spacial score (nSPS) is 32.4. The van der Waals surface area contributed by atoms with Crippen LogP contribution in [-0.2, 0) is 5.41 Å². The van der Waals surface area contributed by atoms with Crippen LogP contribution in [-0.4, -0.2) is 15.0 Å². The summed E-state index contributed by atoms with van der Waals surface area (Å²) in [5, 5.41) is 6.89. The molecule has 3 nitrogen and oxygen atoms in total. The summed E-state index contributed by atoms with van der Waals surface area (Å²) in [6, 6.07) is 3.49. The highest BCUT2D eigenvalue weighted by atomic mass is 79.9. The van der Waals surface area contributed by atoms with Crippen LogP contribution in [0.15, 0.2) is 16.9 Å². The minimum atomic E-state index is -0.127. The fourth-order valence-corrected chi connectivity index (χ4v) is 4.60. The Morgan fingerprint density at radius 1 is 1.53 bits per heavy atom. The fourth-order valence-electron chi connectivity index (χ4n) is 3.37. The van der Waals surface area contributed by atoms with E-state index >= 15 is 0 Å². The zero-order valence-electron chi connectivity index (χ0n) is 11.9. The van der Waals surface area contributed by atoms with Crippen molar-refractivity contribution in [3.8, 4) is 0 Å². The summed E-state index contributed by atoms with van der Waals surface area (Å²) < 4.78 is 0. The largest absolute Gasteiger partial charge is 0.268 e. The maximum absolute atomic E-state index is 11.2. The topological polar surface area (TPSA) is 45.8 Å². The van der Waals surface area contributed by atoms with E-state index in [9.17, 15) is 4.79 Å². The molecule has 1 N–H and O–H groups in total. The summed E-state index contributed by atoms with van der Waals surface area (Å²) in [7, 11) is 0. The Bertz CT molecular complexity index is 467. The predicted molar refractivity (Wildman–Crippen MR) is 81.7 cm³/mol.